The van der Waals surface area contributed by atoms with E-state index in [0.717, 1.165) is 44.8 Å². The summed E-state index contributed by atoms with van der Waals surface area (Å²) in [7, 11) is 0. The molecule has 21 heavy (non-hydrogen) atoms. The van der Waals surface area contributed by atoms with Crippen molar-refractivity contribution >= 4 is 5.91 Å². The fraction of sp³-hybridized carbons (Fsp3) is 0.625. The van der Waals surface area contributed by atoms with Crippen molar-refractivity contribution in [2.24, 2.45) is 5.73 Å². The Bertz CT molecular complexity index is 447. The highest BCUT2D eigenvalue weighted by molar-refractivity contribution is 5.76. The standard InChI is InChI=1S/C16H26N4O/c1-16(2,17)7-6-15(21)20-11-9-19(10-12-20)13-14-5-3-4-8-18-14/h3-5,8H,6-7,9-13,17H2,1-2H3. The van der Waals surface area contributed by atoms with Gasteiger partial charge in [-0.25, -0.2) is 0 Å². The van der Waals surface area contributed by atoms with Crippen molar-refractivity contribution in [3.8, 4) is 0 Å². The van der Waals surface area contributed by atoms with Crippen molar-refractivity contribution in [1.29, 1.82) is 0 Å². The van der Waals surface area contributed by atoms with Gasteiger partial charge in [-0.15, -0.1) is 0 Å². The molecular formula is C16H26N4O. The van der Waals surface area contributed by atoms with Crippen molar-refractivity contribution in [1.82, 2.24) is 14.8 Å². The number of amides is 1. The van der Waals surface area contributed by atoms with Crippen LogP contribution in [0.3, 0.4) is 0 Å². The molecule has 5 heteroatoms. The van der Waals surface area contributed by atoms with Crippen LogP contribution < -0.4 is 5.73 Å². The number of rotatable bonds is 5. The number of piperazine rings is 1. The number of hydrogen-bond donors (Lipinski definition) is 1. The Morgan fingerprint density at radius 1 is 1.29 bits per heavy atom. The van der Waals surface area contributed by atoms with Gasteiger partial charge in [-0.05, 0) is 32.4 Å². The number of aromatic nitrogens is 1. The average Bonchev–Trinajstić information content (AvgIpc) is 2.46. The molecule has 1 aromatic rings. The number of carbonyl (C=O) groups is 1. The van der Waals surface area contributed by atoms with Gasteiger partial charge in [0.25, 0.3) is 0 Å². The first-order chi connectivity index (χ1) is 9.94. The van der Waals surface area contributed by atoms with Gasteiger partial charge in [0, 0.05) is 50.9 Å². The number of hydrogen-bond acceptors (Lipinski definition) is 4. The fourth-order valence-electron chi connectivity index (χ4n) is 2.46. The molecule has 2 rings (SSSR count). The lowest BCUT2D eigenvalue weighted by molar-refractivity contribution is -0.133. The smallest absolute Gasteiger partial charge is 0.222 e. The van der Waals surface area contributed by atoms with E-state index in [0.29, 0.717) is 6.42 Å². The van der Waals surface area contributed by atoms with E-state index in [4.69, 9.17) is 5.73 Å². The minimum Gasteiger partial charge on any atom is -0.340 e. The highest BCUT2D eigenvalue weighted by Gasteiger charge is 2.22. The van der Waals surface area contributed by atoms with Gasteiger partial charge < -0.3 is 10.6 Å². The number of pyridine rings is 1. The summed E-state index contributed by atoms with van der Waals surface area (Å²) >= 11 is 0. The maximum absolute atomic E-state index is 12.1. The van der Waals surface area contributed by atoms with E-state index >= 15 is 0 Å². The molecule has 2 heterocycles. The molecule has 1 aliphatic rings. The van der Waals surface area contributed by atoms with Crippen molar-refractivity contribution in [2.75, 3.05) is 26.2 Å². The highest BCUT2D eigenvalue weighted by Crippen LogP contribution is 2.12. The van der Waals surface area contributed by atoms with E-state index in [9.17, 15) is 4.79 Å². The molecule has 0 radical (unpaired) electrons. The lowest BCUT2D eigenvalue weighted by atomic mass is 9.99. The van der Waals surface area contributed by atoms with E-state index in [1.54, 1.807) is 0 Å². The Hall–Kier alpha value is -1.46. The minimum absolute atomic E-state index is 0.228. The number of nitrogens with zero attached hydrogens (tertiary/aromatic N) is 3. The predicted molar refractivity (Wildman–Crippen MR) is 83.6 cm³/mol. The topological polar surface area (TPSA) is 62.5 Å². The molecule has 0 aliphatic carbocycles. The van der Waals surface area contributed by atoms with Gasteiger partial charge in [0.1, 0.15) is 0 Å². The second-order valence-electron chi connectivity index (χ2n) is 6.47. The summed E-state index contributed by atoms with van der Waals surface area (Å²) in [5, 5.41) is 0. The molecule has 1 aromatic heterocycles. The fourth-order valence-corrected chi connectivity index (χ4v) is 2.46. The summed E-state index contributed by atoms with van der Waals surface area (Å²) in [6.07, 6.45) is 3.10. The molecule has 0 unspecified atom stereocenters. The van der Waals surface area contributed by atoms with Gasteiger partial charge in [-0.2, -0.15) is 0 Å². The number of nitrogens with two attached hydrogens (primary N) is 1. The average molecular weight is 290 g/mol. The second-order valence-corrected chi connectivity index (χ2v) is 6.47. The van der Waals surface area contributed by atoms with Crippen LogP contribution in [0.1, 0.15) is 32.4 Å². The third kappa shape index (κ3) is 5.44. The highest BCUT2D eigenvalue weighted by atomic mass is 16.2. The Labute approximate surface area is 127 Å². The van der Waals surface area contributed by atoms with Crippen LogP contribution in [0.4, 0.5) is 0 Å². The van der Waals surface area contributed by atoms with Crippen molar-refractivity contribution in [2.45, 2.75) is 38.8 Å². The first kappa shape index (κ1) is 15.9. The number of carbonyl (C=O) groups excluding carboxylic acids is 1. The van der Waals surface area contributed by atoms with Gasteiger partial charge in [0.2, 0.25) is 5.91 Å². The molecule has 0 saturated carbocycles. The minimum atomic E-state index is -0.267. The zero-order chi connectivity index (χ0) is 15.3. The van der Waals surface area contributed by atoms with Gasteiger partial charge in [-0.1, -0.05) is 6.07 Å². The molecule has 116 valence electrons. The molecule has 1 amide bonds. The van der Waals surface area contributed by atoms with Gasteiger partial charge in [-0.3, -0.25) is 14.7 Å². The predicted octanol–water partition coefficient (Wildman–Crippen LogP) is 1.24. The molecule has 2 N–H and O–H groups in total. The van der Waals surface area contributed by atoms with E-state index in [2.05, 4.69) is 9.88 Å². The molecule has 0 spiro atoms. The third-order valence-corrected chi connectivity index (χ3v) is 3.82. The monoisotopic (exact) mass is 290 g/mol. The summed E-state index contributed by atoms with van der Waals surface area (Å²) in [5.41, 5.74) is 6.75. The van der Waals surface area contributed by atoms with E-state index in [-0.39, 0.29) is 11.4 Å². The van der Waals surface area contributed by atoms with E-state index in [1.165, 1.54) is 0 Å². The molecule has 0 atom stereocenters. The summed E-state index contributed by atoms with van der Waals surface area (Å²) in [6, 6.07) is 5.98. The van der Waals surface area contributed by atoms with Crippen molar-refractivity contribution in [3.63, 3.8) is 0 Å². The van der Waals surface area contributed by atoms with E-state index < -0.39 is 0 Å². The largest absolute Gasteiger partial charge is 0.340 e. The van der Waals surface area contributed by atoms with Crippen LogP contribution in [0.15, 0.2) is 24.4 Å². The van der Waals surface area contributed by atoms with Crippen LogP contribution in [0.5, 0.6) is 0 Å². The van der Waals surface area contributed by atoms with E-state index in [1.807, 2.05) is 43.1 Å². The van der Waals surface area contributed by atoms with Gasteiger partial charge >= 0.3 is 0 Å². The first-order valence-electron chi connectivity index (χ1n) is 7.63. The molecule has 0 aromatic carbocycles. The normalized spacial score (nSPS) is 17.0. The summed E-state index contributed by atoms with van der Waals surface area (Å²) in [4.78, 5) is 20.8. The Kier molecular flexibility index (Phi) is 5.31. The Morgan fingerprint density at radius 3 is 2.57 bits per heavy atom. The SMILES string of the molecule is CC(C)(N)CCC(=O)N1CCN(Cc2ccccn2)CC1. The lowest BCUT2D eigenvalue weighted by Gasteiger charge is -2.35. The maximum Gasteiger partial charge on any atom is 0.222 e. The van der Waals surface area contributed by atoms with Crippen LogP contribution in [0.25, 0.3) is 0 Å². The van der Waals surface area contributed by atoms with Crippen LogP contribution in [-0.4, -0.2) is 52.4 Å². The molecule has 0 bridgehead atoms. The first-order valence-corrected chi connectivity index (χ1v) is 7.63. The van der Waals surface area contributed by atoms with Gasteiger partial charge in [0.15, 0.2) is 0 Å². The second kappa shape index (κ2) is 7.00. The molecule has 5 nitrogen and oxygen atoms in total. The summed E-state index contributed by atoms with van der Waals surface area (Å²) in [5.74, 6) is 0.228. The van der Waals surface area contributed by atoms with Crippen molar-refractivity contribution in [3.05, 3.63) is 30.1 Å². The zero-order valence-corrected chi connectivity index (χ0v) is 13.1. The molecule has 1 fully saturated rings. The van der Waals surface area contributed by atoms with Gasteiger partial charge in [0.05, 0.1) is 5.69 Å². The maximum atomic E-state index is 12.1. The molecule has 1 saturated heterocycles. The molecular weight excluding hydrogens is 264 g/mol. The Balaban J connectivity index is 1.74. The summed E-state index contributed by atoms with van der Waals surface area (Å²) in [6.45, 7) is 8.21. The lowest BCUT2D eigenvalue weighted by Crippen LogP contribution is -2.48. The van der Waals surface area contributed by atoms with Crippen LogP contribution in [-0.2, 0) is 11.3 Å². The Morgan fingerprint density at radius 2 is 2.00 bits per heavy atom. The quantitative estimate of drug-likeness (QED) is 0.886. The van der Waals surface area contributed by atoms with Crippen LogP contribution in [0.2, 0.25) is 0 Å². The van der Waals surface area contributed by atoms with Crippen LogP contribution in [0, 0.1) is 0 Å². The van der Waals surface area contributed by atoms with Crippen molar-refractivity contribution < 1.29 is 4.79 Å². The van der Waals surface area contributed by atoms with Crippen LogP contribution >= 0.6 is 0 Å². The molecule has 1 aliphatic heterocycles. The summed E-state index contributed by atoms with van der Waals surface area (Å²) < 4.78 is 0. The zero-order valence-electron chi connectivity index (χ0n) is 13.1. The third-order valence-electron chi connectivity index (χ3n) is 3.82.